The van der Waals surface area contributed by atoms with E-state index in [0.717, 1.165) is 54.2 Å². The summed E-state index contributed by atoms with van der Waals surface area (Å²) in [6, 6.07) is 19.3. The molecule has 1 atom stereocenters. The zero-order chi connectivity index (χ0) is 21.0. The smallest absolute Gasteiger partial charge is 0.323 e. The van der Waals surface area contributed by atoms with Gasteiger partial charge in [-0.25, -0.2) is 14.8 Å². The SMILES string of the molecule is O=C(Nc1ccccc1)Nc1ccc(C2CCCN(c3ncnc4[nH]ccc34)C2)cc1. The predicted molar refractivity (Wildman–Crippen MR) is 124 cm³/mol. The normalized spacial score (nSPS) is 16.3. The Balaban J connectivity index is 1.25. The van der Waals surface area contributed by atoms with Gasteiger partial charge in [-0.15, -0.1) is 0 Å². The van der Waals surface area contributed by atoms with Crippen molar-refractivity contribution in [2.75, 3.05) is 28.6 Å². The van der Waals surface area contributed by atoms with Gasteiger partial charge >= 0.3 is 6.03 Å². The minimum atomic E-state index is -0.248. The molecule has 156 valence electrons. The molecule has 0 saturated carbocycles. The monoisotopic (exact) mass is 412 g/mol. The van der Waals surface area contributed by atoms with E-state index >= 15 is 0 Å². The largest absolute Gasteiger partial charge is 0.355 e. The van der Waals surface area contributed by atoms with Crippen LogP contribution in [0.1, 0.15) is 24.3 Å². The molecule has 5 rings (SSSR count). The number of hydrogen-bond acceptors (Lipinski definition) is 4. The molecule has 7 nitrogen and oxygen atoms in total. The molecule has 2 aromatic carbocycles. The van der Waals surface area contributed by atoms with E-state index < -0.39 is 0 Å². The Hall–Kier alpha value is -3.87. The number of anilines is 3. The second-order valence-corrected chi connectivity index (χ2v) is 7.79. The van der Waals surface area contributed by atoms with Crippen molar-refractivity contribution in [1.29, 1.82) is 0 Å². The fourth-order valence-electron chi connectivity index (χ4n) is 4.21. The summed E-state index contributed by atoms with van der Waals surface area (Å²) in [5, 5.41) is 6.79. The van der Waals surface area contributed by atoms with Crippen LogP contribution in [0.3, 0.4) is 0 Å². The summed E-state index contributed by atoms with van der Waals surface area (Å²) in [7, 11) is 0. The molecule has 1 unspecified atom stereocenters. The second-order valence-electron chi connectivity index (χ2n) is 7.79. The van der Waals surface area contributed by atoms with Crippen LogP contribution in [-0.4, -0.2) is 34.1 Å². The first-order valence-electron chi connectivity index (χ1n) is 10.5. The number of rotatable bonds is 4. The zero-order valence-corrected chi connectivity index (χ0v) is 17.1. The standard InChI is InChI=1S/C24H24N6O/c31-24(28-19-6-2-1-3-7-19)29-20-10-8-17(9-11-20)18-5-4-14-30(15-18)23-21-12-13-25-22(21)26-16-27-23/h1-3,6-13,16,18H,4-5,14-15H2,(H,25,26,27)(H2,28,29,31). The average Bonchev–Trinajstić information content (AvgIpc) is 3.29. The molecule has 1 aliphatic rings. The van der Waals surface area contributed by atoms with E-state index in [-0.39, 0.29) is 6.03 Å². The summed E-state index contributed by atoms with van der Waals surface area (Å²) in [5.74, 6) is 1.41. The minimum Gasteiger partial charge on any atom is -0.355 e. The van der Waals surface area contributed by atoms with Crippen molar-refractivity contribution in [2.45, 2.75) is 18.8 Å². The molecule has 1 fully saturated rings. The molecule has 3 N–H and O–H groups in total. The lowest BCUT2D eigenvalue weighted by atomic mass is 9.90. The lowest BCUT2D eigenvalue weighted by Crippen LogP contribution is -2.35. The summed E-state index contributed by atoms with van der Waals surface area (Å²) in [5.41, 5.74) is 3.68. The number of nitrogens with one attached hydrogen (secondary N) is 3. The van der Waals surface area contributed by atoms with Gasteiger partial charge in [-0.05, 0) is 48.7 Å². The minimum absolute atomic E-state index is 0.248. The molecule has 4 aromatic rings. The number of piperidine rings is 1. The maximum atomic E-state index is 12.2. The molecule has 2 aromatic heterocycles. The number of H-pyrrole nitrogens is 1. The number of carbonyl (C=O) groups excluding carboxylic acids is 1. The van der Waals surface area contributed by atoms with Crippen LogP contribution in [0, 0.1) is 0 Å². The third-order valence-electron chi connectivity index (χ3n) is 5.73. The van der Waals surface area contributed by atoms with Gasteiger partial charge in [-0.2, -0.15) is 0 Å². The number of amides is 2. The van der Waals surface area contributed by atoms with Crippen molar-refractivity contribution in [3.05, 3.63) is 78.8 Å². The third-order valence-corrected chi connectivity index (χ3v) is 5.73. The van der Waals surface area contributed by atoms with Crippen LogP contribution in [0.5, 0.6) is 0 Å². The van der Waals surface area contributed by atoms with Gasteiger partial charge in [0.2, 0.25) is 0 Å². The van der Waals surface area contributed by atoms with Crippen molar-refractivity contribution in [3.8, 4) is 0 Å². The molecular weight excluding hydrogens is 388 g/mol. The number of nitrogens with zero attached hydrogens (tertiary/aromatic N) is 3. The van der Waals surface area contributed by atoms with E-state index in [2.05, 4.69) is 42.6 Å². The van der Waals surface area contributed by atoms with Gasteiger partial charge in [0.1, 0.15) is 17.8 Å². The summed E-state index contributed by atoms with van der Waals surface area (Å²) in [4.78, 5) is 26.6. The van der Waals surface area contributed by atoms with Crippen LogP contribution in [0.15, 0.2) is 73.2 Å². The van der Waals surface area contributed by atoms with Gasteiger partial charge in [0, 0.05) is 36.6 Å². The van der Waals surface area contributed by atoms with E-state index in [9.17, 15) is 4.79 Å². The number of para-hydroxylation sites is 1. The first-order valence-corrected chi connectivity index (χ1v) is 10.5. The number of carbonyl (C=O) groups is 1. The highest BCUT2D eigenvalue weighted by atomic mass is 16.2. The van der Waals surface area contributed by atoms with Gasteiger partial charge in [0.25, 0.3) is 0 Å². The van der Waals surface area contributed by atoms with Crippen molar-refractivity contribution >= 4 is 34.3 Å². The maximum absolute atomic E-state index is 12.2. The van der Waals surface area contributed by atoms with Crippen molar-refractivity contribution in [2.24, 2.45) is 0 Å². The second kappa shape index (κ2) is 8.47. The topological polar surface area (TPSA) is 85.9 Å². The molecule has 1 saturated heterocycles. The number of urea groups is 1. The van der Waals surface area contributed by atoms with Crippen molar-refractivity contribution in [1.82, 2.24) is 15.0 Å². The molecule has 1 aliphatic heterocycles. The van der Waals surface area contributed by atoms with Crippen molar-refractivity contribution in [3.63, 3.8) is 0 Å². The predicted octanol–water partition coefficient (Wildman–Crippen LogP) is 4.99. The highest BCUT2D eigenvalue weighted by Gasteiger charge is 2.24. The first kappa shape index (κ1) is 19.1. The summed E-state index contributed by atoms with van der Waals surface area (Å²) in [6.07, 6.45) is 5.78. The summed E-state index contributed by atoms with van der Waals surface area (Å²) in [6.45, 7) is 1.91. The molecule has 7 heteroatoms. The van der Waals surface area contributed by atoms with Gasteiger partial charge in [-0.3, -0.25) is 0 Å². The lowest BCUT2D eigenvalue weighted by Gasteiger charge is -2.34. The molecule has 0 spiro atoms. The Morgan fingerprint density at radius 2 is 1.74 bits per heavy atom. The van der Waals surface area contributed by atoms with Crippen LogP contribution < -0.4 is 15.5 Å². The number of benzene rings is 2. The Kier molecular flexibility index (Phi) is 5.22. The number of aromatic amines is 1. The van der Waals surface area contributed by atoms with Crippen LogP contribution in [0.25, 0.3) is 11.0 Å². The highest BCUT2D eigenvalue weighted by Crippen LogP contribution is 2.32. The van der Waals surface area contributed by atoms with Crippen LogP contribution in [0.4, 0.5) is 22.0 Å². The summed E-state index contributed by atoms with van der Waals surface area (Å²) < 4.78 is 0. The quantitative estimate of drug-likeness (QED) is 0.441. The van der Waals surface area contributed by atoms with E-state index in [1.54, 1.807) is 6.33 Å². The van der Waals surface area contributed by atoms with E-state index in [0.29, 0.717) is 5.92 Å². The Labute approximate surface area is 180 Å². The van der Waals surface area contributed by atoms with Crippen LogP contribution >= 0.6 is 0 Å². The van der Waals surface area contributed by atoms with Gasteiger partial charge < -0.3 is 20.5 Å². The number of fused-ring (bicyclic) bond motifs is 1. The van der Waals surface area contributed by atoms with E-state index in [1.807, 2.05) is 54.7 Å². The summed E-state index contributed by atoms with van der Waals surface area (Å²) >= 11 is 0. The van der Waals surface area contributed by atoms with E-state index in [4.69, 9.17) is 0 Å². The lowest BCUT2D eigenvalue weighted by molar-refractivity contribution is 0.262. The fourth-order valence-corrected chi connectivity index (χ4v) is 4.21. The number of aromatic nitrogens is 3. The van der Waals surface area contributed by atoms with Gasteiger partial charge in [-0.1, -0.05) is 30.3 Å². The molecule has 2 amide bonds. The molecule has 0 bridgehead atoms. The first-order chi connectivity index (χ1) is 15.3. The van der Waals surface area contributed by atoms with E-state index in [1.165, 1.54) is 5.56 Å². The Morgan fingerprint density at radius 1 is 0.968 bits per heavy atom. The number of hydrogen-bond donors (Lipinski definition) is 3. The van der Waals surface area contributed by atoms with Crippen LogP contribution in [-0.2, 0) is 0 Å². The molecular formula is C24H24N6O. The third kappa shape index (κ3) is 4.21. The molecule has 31 heavy (non-hydrogen) atoms. The Bertz CT molecular complexity index is 1170. The molecule has 3 heterocycles. The average molecular weight is 412 g/mol. The molecule has 0 aliphatic carbocycles. The maximum Gasteiger partial charge on any atom is 0.323 e. The fraction of sp³-hybridized carbons (Fsp3) is 0.208. The zero-order valence-electron chi connectivity index (χ0n) is 17.1. The van der Waals surface area contributed by atoms with Crippen molar-refractivity contribution < 1.29 is 4.79 Å². The van der Waals surface area contributed by atoms with Gasteiger partial charge in [0.05, 0.1) is 5.39 Å². The Morgan fingerprint density at radius 3 is 2.55 bits per heavy atom. The highest BCUT2D eigenvalue weighted by molar-refractivity contribution is 5.99. The van der Waals surface area contributed by atoms with Gasteiger partial charge in [0.15, 0.2) is 0 Å². The van der Waals surface area contributed by atoms with Crippen LogP contribution in [0.2, 0.25) is 0 Å². The molecule has 0 radical (unpaired) electrons.